The van der Waals surface area contributed by atoms with Gasteiger partial charge in [0.2, 0.25) is 0 Å². The van der Waals surface area contributed by atoms with Crippen molar-refractivity contribution in [3.05, 3.63) is 0 Å². The van der Waals surface area contributed by atoms with Gasteiger partial charge in [0.25, 0.3) is 0 Å². The quantitative estimate of drug-likeness (QED) is 0.261. The van der Waals surface area contributed by atoms with Gasteiger partial charge in [0.05, 0.1) is 32.8 Å². The highest BCUT2D eigenvalue weighted by Crippen LogP contribution is 2.24. The molecule has 136 valence electrons. The van der Waals surface area contributed by atoms with E-state index in [2.05, 4.69) is 34.9 Å². The van der Waals surface area contributed by atoms with Gasteiger partial charge in [-0.25, -0.2) is 0 Å². The van der Waals surface area contributed by atoms with E-state index in [0.29, 0.717) is 0 Å². The molecule has 0 atom stereocenters. The van der Waals surface area contributed by atoms with Crippen LogP contribution >= 0.6 is 23.6 Å². The molecule has 0 N–H and O–H groups in total. The zero-order valence-electron chi connectivity index (χ0n) is 15.9. The van der Waals surface area contributed by atoms with Crippen molar-refractivity contribution in [1.29, 1.82) is 0 Å². The summed E-state index contributed by atoms with van der Waals surface area (Å²) < 4.78 is 7.91. The van der Waals surface area contributed by atoms with Gasteiger partial charge in [0, 0.05) is 13.0 Å². The highest BCUT2D eigenvalue weighted by Gasteiger charge is 2.28. The van der Waals surface area contributed by atoms with E-state index in [1.54, 1.807) is 0 Å². The SMILES string of the molecule is CC.CCCCCCOCC[N+](C)(C)CCC(C)(C)N(Cl)Cl. The van der Waals surface area contributed by atoms with Gasteiger partial charge < -0.3 is 9.22 Å². The molecule has 3 nitrogen and oxygen atoms in total. The molecule has 0 amide bonds. The van der Waals surface area contributed by atoms with Crippen molar-refractivity contribution in [2.24, 2.45) is 0 Å². The molecule has 0 rings (SSSR count). The van der Waals surface area contributed by atoms with Crippen LogP contribution in [-0.4, -0.2) is 54.4 Å². The predicted octanol–water partition coefficient (Wildman–Crippen LogP) is 5.46. The fourth-order valence-electron chi connectivity index (χ4n) is 1.82. The summed E-state index contributed by atoms with van der Waals surface area (Å²) in [7, 11) is 4.45. The molecule has 0 fully saturated rings. The number of unbranched alkanes of at least 4 members (excludes halogenated alkanes) is 3. The number of hydrogen-bond donors (Lipinski definition) is 0. The molecule has 0 aliphatic heterocycles. The minimum atomic E-state index is -0.195. The molecule has 0 heterocycles. The Balaban J connectivity index is 0. The first-order chi connectivity index (χ1) is 10.2. The van der Waals surface area contributed by atoms with Crippen molar-refractivity contribution < 1.29 is 9.22 Å². The molecule has 0 radical (unpaired) electrons. The van der Waals surface area contributed by atoms with Crippen molar-refractivity contribution in [2.75, 3.05) is 40.4 Å². The van der Waals surface area contributed by atoms with Crippen LogP contribution in [0.1, 0.15) is 66.7 Å². The summed E-state index contributed by atoms with van der Waals surface area (Å²) in [6.45, 7) is 14.1. The van der Waals surface area contributed by atoms with Crippen LogP contribution < -0.4 is 0 Å². The second-order valence-corrected chi connectivity index (χ2v) is 7.70. The number of quaternary nitrogens is 1. The molecule has 0 aliphatic carbocycles. The molecule has 0 aromatic rings. The van der Waals surface area contributed by atoms with Gasteiger partial charge in [-0.1, -0.05) is 40.0 Å². The molecule has 0 spiro atoms. The Labute approximate surface area is 149 Å². The minimum Gasteiger partial charge on any atom is -0.376 e. The molecule has 0 aliphatic rings. The molecule has 0 aromatic carbocycles. The summed E-state index contributed by atoms with van der Waals surface area (Å²) in [6.07, 6.45) is 6.00. The Morgan fingerprint density at radius 1 is 0.955 bits per heavy atom. The number of hydrogen-bond acceptors (Lipinski definition) is 2. The number of ether oxygens (including phenoxy) is 1. The Hall–Kier alpha value is 0.460. The summed E-state index contributed by atoms with van der Waals surface area (Å²) in [5.41, 5.74) is -0.195. The monoisotopic (exact) mass is 357 g/mol. The summed E-state index contributed by atoms with van der Waals surface area (Å²) in [6, 6.07) is 0. The summed E-state index contributed by atoms with van der Waals surface area (Å²) in [4.78, 5) is 0. The average molecular weight is 358 g/mol. The van der Waals surface area contributed by atoms with E-state index in [4.69, 9.17) is 28.3 Å². The lowest BCUT2D eigenvalue weighted by molar-refractivity contribution is -0.891. The average Bonchev–Trinajstić information content (AvgIpc) is 2.46. The third kappa shape index (κ3) is 14.1. The van der Waals surface area contributed by atoms with Crippen molar-refractivity contribution in [3.63, 3.8) is 0 Å². The minimum absolute atomic E-state index is 0.195. The number of halogens is 2. The summed E-state index contributed by atoms with van der Waals surface area (Å²) >= 11 is 11.7. The highest BCUT2D eigenvalue weighted by atomic mass is 35.5. The van der Waals surface area contributed by atoms with Crippen molar-refractivity contribution in [1.82, 2.24) is 3.94 Å². The molecule has 0 bridgehead atoms. The number of rotatable bonds is 12. The van der Waals surface area contributed by atoms with E-state index in [0.717, 1.165) is 37.2 Å². The largest absolute Gasteiger partial charge is 0.376 e. The maximum Gasteiger partial charge on any atom is 0.102 e. The van der Waals surface area contributed by atoms with E-state index in [-0.39, 0.29) is 5.54 Å². The predicted molar refractivity (Wildman–Crippen MR) is 100 cm³/mol. The van der Waals surface area contributed by atoms with Gasteiger partial charge >= 0.3 is 0 Å². The lowest BCUT2D eigenvalue weighted by Gasteiger charge is -2.34. The summed E-state index contributed by atoms with van der Waals surface area (Å²) in [5.74, 6) is 0. The van der Waals surface area contributed by atoms with Crippen LogP contribution in [0.3, 0.4) is 0 Å². The van der Waals surface area contributed by atoms with Gasteiger partial charge in [0.1, 0.15) is 6.54 Å². The van der Waals surface area contributed by atoms with Gasteiger partial charge in [-0.15, -0.1) is 3.94 Å². The molecule has 22 heavy (non-hydrogen) atoms. The van der Waals surface area contributed by atoms with Crippen molar-refractivity contribution >= 4 is 23.6 Å². The smallest absolute Gasteiger partial charge is 0.102 e. The zero-order valence-corrected chi connectivity index (χ0v) is 17.4. The maximum atomic E-state index is 5.85. The van der Waals surface area contributed by atoms with Crippen LogP contribution in [0, 0.1) is 0 Å². The van der Waals surface area contributed by atoms with Crippen molar-refractivity contribution in [3.8, 4) is 0 Å². The van der Waals surface area contributed by atoms with Crippen LogP contribution in [0.25, 0.3) is 0 Å². The van der Waals surface area contributed by atoms with Gasteiger partial charge in [-0.3, -0.25) is 0 Å². The molecule has 0 unspecified atom stereocenters. The lowest BCUT2D eigenvalue weighted by atomic mass is 10.0. The van der Waals surface area contributed by atoms with Gasteiger partial charge in [-0.2, -0.15) is 0 Å². The normalized spacial score (nSPS) is 12.3. The molecule has 0 saturated carbocycles. The van der Waals surface area contributed by atoms with Gasteiger partial charge in [0.15, 0.2) is 0 Å². The van der Waals surface area contributed by atoms with Gasteiger partial charge in [-0.05, 0) is 43.8 Å². The maximum absolute atomic E-state index is 5.85. The molecular formula is C17H39Cl2N2O+. The topological polar surface area (TPSA) is 12.5 Å². The van der Waals surface area contributed by atoms with Crippen LogP contribution in [-0.2, 0) is 4.74 Å². The fourth-order valence-corrected chi connectivity index (χ4v) is 1.99. The second-order valence-electron chi connectivity index (χ2n) is 6.85. The van der Waals surface area contributed by atoms with E-state index in [1.165, 1.54) is 29.6 Å². The van der Waals surface area contributed by atoms with E-state index >= 15 is 0 Å². The third-order valence-corrected chi connectivity index (χ3v) is 4.68. The van der Waals surface area contributed by atoms with Crippen molar-refractivity contribution in [2.45, 2.75) is 72.3 Å². The Morgan fingerprint density at radius 2 is 1.55 bits per heavy atom. The summed E-state index contributed by atoms with van der Waals surface area (Å²) in [5, 5.41) is 0. The number of nitrogens with zero attached hydrogens (tertiary/aromatic N) is 2. The van der Waals surface area contributed by atoms with E-state index in [9.17, 15) is 0 Å². The first-order valence-corrected chi connectivity index (χ1v) is 9.40. The third-order valence-electron chi connectivity index (χ3n) is 3.77. The molecule has 5 heteroatoms. The van der Waals surface area contributed by atoms with Crippen LogP contribution in [0.4, 0.5) is 0 Å². The zero-order chi connectivity index (χ0) is 17.6. The fraction of sp³-hybridized carbons (Fsp3) is 1.00. The first-order valence-electron chi connectivity index (χ1n) is 8.73. The Morgan fingerprint density at radius 3 is 2.05 bits per heavy atom. The Kier molecular flexibility index (Phi) is 15.6. The van der Waals surface area contributed by atoms with Crippen LogP contribution in [0.5, 0.6) is 0 Å². The Bertz CT molecular complexity index is 247. The van der Waals surface area contributed by atoms with Crippen LogP contribution in [0.2, 0.25) is 0 Å². The molecule has 0 aromatic heterocycles. The number of likely N-dealkylation sites (N-methyl/N-ethyl adjacent to an activating group) is 1. The lowest BCUT2D eigenvalue weighted by Crippen LogP contribution is -2.46. The van der Waals surface area contributed by atoms with Crippen LogP contribution in [0.15, 0.2) is 0 Å². The second kappa shape index (κ2) is 13.9. The van der Waals surface area contributed by atoms with E-state index < -0.39 is 0 Å². The molecular weight excluding hydrogens is 319 g/mol. The van der Waals surface area contributed by atoms with E-state index in [1.807, 2.05) is 13.8 Å². The first kappa shape index (κ1) is 24.7. The molecule has 0 saturated heterocycles. The highest BCUT2D eigenvalue weighted by molar-refractivity contribution is 6.34. The standard InChI is InChI=1S/C15H33Cl2N2O.C2H6/c1-6-7-8-9-13-20-14-12-19(4,5)11-10-15(2,3)18(16)17;1-2/h6-14H2,1-5H3;1-2H3/q+1;.